The van der Waals surface area contributed by atoms with Crippen LogP contribution in [0.1, 0.15) is 64.0 Å². The number of benzene rings is 1. The molecule has 0 atom stereocenters. The van der Waals surface area contributed by atoms with Crippen molar-refractivity contribution in [3.8, 4) is 0 Å². The quantitative estimate of drug-likeness (QED) is 0.863. The van der Waals surface area contributed by atoms with E-state index in [-0.39, 0.29) is 11.3 Å². The molecule has 2 heterocycles. The smallest absolute Gasteiger partial charge is 0.246 e. The van der Waals surface area contributed by atoms with Crippen molar-refractivity contribution in [1.82, 2.24) is 15.2 Å². The lowest BCUT2D eigenvalue weighted by molar-refractivity contribution is -0.118. The number of amides is 1. The highest BCUT2D eigenvalue weighted by Crippen LogP contribution is 2.49. The molecule has 1 saturated heterocycles. The molecule has 0 spiro atoms. The Bertz CT molecular complexity index is 808. The Kier molecular flexibility index (Phi) is 4.44. The molecule has 1 aromatic heterocycles. The highest BCUT2D eigenvalue weighted by Gasteiger charge is 2.51. The molecule has 0 bridgehead atoms. The second-order valence-electron chi connectivity index (χ2n) is 8.90. The third kappa shape index (κ3) is 3.57. The van der Waals surface area contributed by atoms with Gasteiger partial charge in [-0.1, -0.05) is 45.0 Å². The van der Waals surface area contributed by atoms with E-state index in [9.17, 15) is 4.79 Å². The third-order valence-electron chi connectivity index (χ3n) is 5.83. The number of piperidine rings is 1. The lowest BCUT2D eigenvalue weighted by atomic mass is 9.85. The maximum Gasteiger partial charge on any atom is 0.246 e. The van der Waals surface area contributed by atoms with Crippen molar-refractivity contribution in [2.45, 2.75) is 63.7 Å². The highest BCUT2D eigenvalue weighted by molar-refractivity contribution is 6.00. The summed E-state index contributed by atoms with van der Waals surface area (Å²) in [6.07, 6.45) is 5.36. The van der Waals surface area contributed by atoms with Gasteiger partial charge < -0.3 is 4.90 Å². The van der Waals surface area contributed by atoms with E-state index in [0.717, 1.165) is 31.5 Å². The number of rotatable bonds is 4. The molecule has 4 rings (SSSR count). The molecule has 6 heteroatoms. The van der Waals surface area contributed by atoms with Crippen molar-refractivity contribution in [2.75, 3.05) is 23.3 Å². The Balaban J connectivity index is 1.46. The van der Waals surface area contributed by atoms with Crippen LogP contribution < -0.4 is 10.2 Å². The van der Waals surface area contributed by atoms with Crippen molar-refractivity contribution in [3.05, 3.63) is 35.4 Å². The van der Waals surface area contributed by atoms with E-state index in [0.29, 0.717) is 11.9 Å². The average molecular weight is 367 g/mol. The monoisotopic (exact) mass is 367 g/mol. The van der Waals surface area contributed by atoms with Gasteiger partial charge in [-0.25, -0.2) is 5.10 Å². The Morgan fingerprint density at radius 3 is 2.37 bits per heavy atom. The van der Waals surface area contributed by atoms with Crippen LogP contribution in [0.2, 0.25) is 0 Å². The van der Waals surface area contributed by atoms with Gasteiger partial charge in [0.2, 0.25) is 17.8 Å². The van der Waals surface area contributed by atoms with Gasteiger partial charge >= 0.3 is 0 Å². The molecular formula is C21H29N5O. The van der Waals surface area contributed by atoms with Crippen LogP contribution >= 0.6 is 0 Å². The van der Waals surface area contributed by atoms with E-state index < -0.39 is 5.41 Å². The van der Waals surface area contributed by atoms with E-state index in [2.05, 4.69) is 70.4 Å². The van der Waals surface area contributed by atoms with Crippen LogP contribution in [-0.2, 0) is 15.6 Å². The number of carbonyl (C=O) groups excluding carboxylic acids is 1. The van der Waals surface area contributed by atoms with Gasteiger partial charge in [0, 0.05) is 13.1 Å². The van der Waals surface area contributed by atoms with Crippen LogP contribution in [0.3, 0.4) is 0 Å². The van der Waals surface area contributed by atoms with Crippen LogP contribution in [-0.4, -0.2) is 34.2 Å². The van der Waals surface area contributed by atoms with Crippen molar-refractivity contribution in [3.63, 3.8) is 0 Å². The number of carbonyl (C=O) groups is 1. The fraction of sp³-hybridized carbons (Fsp3) is 0.571. The number of hydrogen-bond acceptors (Lipinski definition) is 4. The molecule has 2 aromatic rings. The molecule has 1 aromatic carbocycles. The first kappa shape index (κ1) is 18.0. The molecule has 2 fully saturated rings. The standard InChI is InChI=1S/C21H29N5O/c1-20(2,3)15-7-9-16(10-8-15)21(11-12-21)17(27)22-18-23-19(25-24-18)26-13-5-4-6-14-26/h7-10H,4-6,11-14H2,1-3H3,(H2,22,23,24,25,27). The highest BCUT2D eigenvalue weighted by atomic mass is 16.2. The summed E-state index contributed by atoms with van der Waals surface area (Å²) in [4.78, 5) is 19.6. The zero-order valence-electron chi connectivity index (χ0n) is 16.5. The maximum atomic E-state index is 13.0. The molecule has 1 aliphatic carbocycles. The SMILES string of the molecule is CC(C)(C)c1ccc(C2(C(=O)Nc3nc(N4CCCCC4)n[nH]3)CC2)cc1. The molecule has 6 nitrogen and oxygen atoms in total. The molecule has 2 N–H and O–H groups in total. The van der Waals surface area contributed by atoms with E-state index in [1.807, 2.05) is 0 Å². The first-order valence-electron chi connectivity index (χ1n) is 9.98. The summed E-state index contributed by atoms with van der Waals surface area (Å²) in [6.45, 7) is 8.56. The lowest BCUT2D eigenvalue weighted by Crippen LogP contribution is -2.30. The van der Waals surface area contributed by atoms with Gasteiger partial charge in [0.25, 0.3) is 0 Å². The minimum atomic E-state index is -0.422. The molecular weight excluding hydrogens is 338 g/mol. The molecule has 1 amide bonds. The Hall–Kier alpha value is -2.37. The summed E-state index contributed by atoms with van der Waals surface area (Å²) in [7, 11) is 0. The second-order valence-corrected chi connectivity index (χ2v) is 8.90. The normalized spacial score (nSPS) is 19.0. The largest absolute Gasteiger partial charge is 0.340 e. The van der Waals surface area contributed by atoms with Crippen molar-refractivity contribution < 1.29 is 4.79 Å². The van der Waals surface area contributed by atoms with E-state index in [1.165, 1.54) is 24.8 Å². The first-order valence-corrected chi connectivity index (χ1v) is 9.98. The van der Waals surface area contributed by atoms with Crippen LogP contribution in [0.5, 0.6) is 0 Å². The number of anilines is 2. The topological polar surface area (TPSA) is 73.9 Å². The van der Waals surface area contributed by atoms with Crippen LogP contribution in [0.4, 0.5) is 11.9 Å². The Morgan fingerprint density at radius 2 is 1.78 bits per heavy atom. The fourth-order valence-corrected chi connectivity index (χ4v) is 3.83. The molecule has 144 valence electrons. The van der Waals surface area contributed by atoms with Gasteiger partial charge in [0.15, 0.2) is 0 Å². The molecule has 2 aliphatic rings. The Labute approximate surface area is 160 Å². The molecule has 1 saturated carbocycles. The van der Waals surface area contributed by atoms with Gasteiger partial charge in [0.1, 0.15) is 0 Å². The van der Waals surface area contributed by atoms with E-state index >= 15 is 0 Å². The fourth-order valence-electron chi connectivity index (χ4n) is 3.83. The van der Waals surface area contributed by atoms with Crippen molar-refractivity contribution in [2.24, 2.45) is 0 Å². The van der Waals surface area contributed by atoms with Gasteiger partial charge in [-0.2, -0.15) is 4.98 Å². The van der Waals surface area contributed by atoms with Gasteiger partial charge in [-0.3, -0.25) is 10.1 Å². The molecule has 0 unspecified atom stereocenters. The first-order chi connectivity index (χ1) is 12.9. The summed E-state index contributed by atoms with van der Waals surface area (Å²) in [5, 5.41) is 10.1. The predicted octanol–water partition coefficient (Wildman–Crippen LogP) is 3.76. The van der Waals surface area contributed by atoms with Crippen molar-refractivity contribution in [1.29, 1.82) is 0 Å². The average Bonchev–Trinajstić information content (AvgIpc) is 3.35. The zero-order chi connectivity index (χ0) is 19.1. The number of nitrogens with one attached hydrogen (secondary N) is 2. The number of hydrogen-bond donors (Lipinski definition) is 2. The lowest BCUT2D eigenvalue weighted by Gasteiger charge is -2.24. The summed E-state index contributed by atoms with van der Waals surface area (Å²) in [5.74, 6) is 1.13. The molecule has 1 aliphatic heterocycles. The van der Waals surface area contributed by atoms with Crippen LogP contribution in [0, 0.1) is 0 Å². The Morgan fingerprint density at radius 1 is 1.11 bits per heavy atom. The third-order valence-corrected chi connectivity index (χ3v) is 5.83. The number of aromatic nitrogens is 3. The zero-order valence-corrected chi connectivity index (χ0v) is 16.5. The minimum Gasteiger partial charge on any atom is -0.340 e. The van der Waals surface area contributed by atoms with Gasteiger partial charge in [0.05, 0.1) is 5.41 Å². The maximum absolute atomic E-state index is 13.0. The summed E-state index contributed by atoms with van der Waals surface area (Å²) in [5.41, 5.74) is 2.06. The number of nitrogens with zero attached hydrogens (tertiary/aromatic N) is 3. The second kappa shape index (κ2) is 6.66. The van der Waals surface area contributed by atoms with Crippen molar-refractivity contribution >= 4 is 17.8 Å². The summed E-state index contributed by atoms with van der Waals surface area (Å²) in [6, 6.07) is 8.50. The number of H-pyrrole nitrogens is 1. The van der Waals surface area contributed by atoms with Gasteiger partial charge in [-0.15, -0.1) is 5.10 Å². The van der Waals surface area contributed by atoms with E-state index in [1.54, 1.807) is 0 Å². The number of aromatic amines is 1. The van der Waals surface area contributed by atoms with Gasteiger partial charge in [-0.05, 0) is 48.6 Å². The summed E-state index contributed by atoms with van der Waals surface area (Å²) < 4.78 is 0. The molecule has 0 radical (unpaired) electrons. The molecule has 27 heavy (non-hydrogen) atoms. The minimum absolute atomic E-state index is 0.00681. The van der Waals surface area contributed by atoms with Crippen LogP contribution in [0.15, 0.2) is 24.3 Å². The van der Waals surface area contributed by atoms with E-state index in [4.69, 9.17) is 0 Å². The van der Waals surface area contributed by atoms with Crippen LogP contribution in [0.25, 0.3) is 0 Å². The predicted molar refractivity (Wildman–Crippen MR) is 107 cm³/mol. The summed E-state index contributed by atoms with van der Waals surface area (Å²) >= 11 is 0.